The van der Waals surface area contributed by atoms with Gasteiger partial charge in [0, 0.05) is 15.9 Å². The zero-order chi connectivity index (χ0) is 14.9. The number of hydrogen-bond acceptors (Lipinski definition) is 2. The Bertz CT molecular complexity index is 617. The second kappa shape index (κ2) is 5.92. The molecule has 0 aliphatic rings. The van der Waals surface area contributed by atoms with Crippen molar-refractivity contribution in [1.82, 2.24) is 4.98 Å². The molecule has 0 saturated heterocycles. The van der Waals surface area contributed by atoms with Gasteiger partial charge in [0.2, 0.25) is 0 Å². The van der Waals surface area contributed by atoms with E-state index in [9.17, 15) is 4.39 Å². The van der Waals surface area contributed by atoms with Gasteiger partial charge in [-0.2, -0.15) is 0 Å². The number of rotatable bonds is 3. The third-order valence-corrected chi connectivity index (χ3v) is 3.81. The van der Waals surface area contributed by atoms with E-state index in [2.05, 4.69) is 39.2 Å². The summed E-state index contributed by atoms with van der Waals surface area (Å²) >= 11 is 3.26. The molecule has 0 aliphatic carbocycles. The number of benzene rings is 1. The first-order valence-electron chi connectivity index (χ1n) is 6.55. The zero-order valence-electron chi connectivity index (χ0n) is 12.1. The number of hydrogen-bond donors (Lipinski definition) is 1. The average Bonchev–Trinajstić information content (AvgIpc) is 2.31. The lowest BCUT2D eigenvalue weighted by atomic mass is 10.00. The predicted molar refractivity (Wildman–Crippen MR) is 84.6 cm³/mol. The molecule has 1 heterocycles. The number of nitrogens with zero attached hydrogens (tertiary/aromatic N) is 1. The first-order valence-corrected chi connectivity index (χ1v) is 7.34. The highest BCUT2D eigenvalue weighted by Gasteiger charge is 2.14. The van der Waals surface area contributed by atoms with E-state index in [1.165, 1.54) is 11.6 Å². The van der Waals surface area contributed by atoms with Crippen molar-refractivity contribution in [2.75, 3.05) is 5.32 Å². The molecule has 106 valence electrons. The molecule has 0 spiro atoms. The highest BCUT2D eigenvalue weighted by molar-refractivity contribution is 9.10. The fourth-order valence-corrected chi connectivity index (χ4v) is 2.93. The molecule has 1 unspecified atom stereocenters. The van der Waals surface area contributed by atoms with Gasteiger partial charge in [0.05, 0.1) is 11.7 Å². The van der Waals surface area contributed by atoms with Gasteiger partial charge in [-0.15, -0.1) is 0 Å². The average molecular weight is 337 g/mol. The zero-order valence-corrected chi connectivity index (χ0v) is 13.7. The molecule has 0 bridgehead atoms. The fourth-order valence-electron chi connectivity index (χ4n) is 2.60. The molecule has 2 aromatic rings. The number of anilines is 1. The summed E-state index contributed by atoms with van der Waals surface area (Å²) in [7, 11) is 0. The van der Waals surface area contributed by atoms with E-state index in [0.29, 0.717) is 5.69 Å². The van der Waals surface area contributed by atoms with E-state index in [4.69, 9.17) is 0 Å². The maximum Gasteiger partial charge on any atom is 0.147 e. The molecule has 0 saturated carbocycles. The SMILES string of the molecule is Cc1cc(C)c(C(C)Nc2ccc(Br)cc2F)c(C)n1. The van der Waals surface area contributed by atoms with Gasteiger partial charge in [-0.25, -0.2) is 4.39 Å². The van der Waals surface area contributed by atoms with E-state index >= 15 is 0 Å². The molecule has 1 aromatic carbocycles. The number of nitrogens with one attached hydrogen (secondary N) is 1. The highest BCUT2D eigenvalue weighted by atomic mass is 79.9. The molecule has 2 nitrogen and oxygen atoms in total. The van der Waals surface area contributed by atoms with Crippen molar-refractivity contribution in [2.24, 2.45) is 0 Å². The first kappa shape index (κ1) is 15.0. The summed E-state index contributed by atoms with van der Waals surface area (Å²) in [6.45, 7) is 8.06. The molecule has 20 heavy (non-hydrogen) atoms. The second-order valence-electron chi connectivity index (χ2n) is 5.07. The maximum atomic E-state index is 13.9. The molecule has 0 amide bonds. The second-order valence-corrected chi connectivity index (χ2v) is 5.99. The minimum Gasteiger partial charge on any atom is -0.376 e. The van der Waals surface area contributed by atoms with Gasteiger partial charge in [0.15, 0.2) is 0 Å². The Morgan fingerprint density at radius 1 is 1.20 bits per heavy atom. The lowest BCUT2D eigenvalue weighted by molar-refractivity contribution is 0.626. The van der Waals surface area contributed by atoms with Crippen LogP contribution in [-0.4, -0.2) is 4.98 Å². The van der Waals surface area contributed by atoms with Gasteiger partial charge in [0.25, 0.3) is 0 Å². The van der Waals surface area contributed by atoms with Crippen LogP contribution >= 0.6 is 15.9 Å². The lowest BCUT2D eigenvalue weighted by Gasteiger charge is -2.20. The van der Waals surface area contributed by atoms with E-state index in [0.717, 1.165) is 21.4 Å². The summed E-state index contributed by atoms with van der Waals surface area (Å²) < 4.78 is 14.6. The summed E-state index contributed by atoms with van der Waals surface area (Å²) in [5, 5.41) is 3.22. The lowest BCUT2D eigenvalue weighted by Crippen LogP contribution is -2.12. The van der Waals surface area contributed by atoms with Crippen molar-refractivity contribution >= 4 is 21.6 Å². The largest absolute Gasteiger partial charge is 0.376 e. The normalized spacial score (nSPS) is 12.3. The van der Waals surface area contributed by atoms with Gasteiger partial charge < -0.3 is 5.32 Å². The quantitative estimate of drug-likeness (QED) is 0.845. The third-order valence-electron chi connectivity index (χ3n) is 3.32. The third kappa shape index (κ3) is 3.18. The summed E-state index contributed by atoms with van der Waals surface area (Å²) in [6.07, 6.45) is 0. The van der Waals surface area contributed by atoms with E-state index < -0.39 is 0 Å². The Kier molecular flexibility index (Phi) is 4.43. The van der Waals surface area contributed by atoms with Crippen LogP contribution in [-0.2, 0) is 0 Å². The number of pyridine rings is 1. The van der Waals surface area contributed by atoms with E-state index in [-0.39, 0.29) is 11.9 Å². The molecule has 2 rings (SSSR count). The Balaban J connectivity index is 2.31. The van der Waals surface area contributed by atoms with Crippen LogP contribution in [0.1, 0.15) is 35.5 Å². The molecule has 1 atom stereocenters. The molecule has 4 heteroatoms. The maximum absolute atomic E-state index is 13.9. The van der Waals surface area contributed by atoms with Crippen molar-refractivity contribution in [2.45, 2.75) is 33.7 Å². The number of aryl methyl sites for hydroxylation is 3. The van der Waals surface area contributed by atoms with Crippen LogP contribution in [0.2, 0.25) is 0 Å². The minimum absolute atomic E-state index is 0.00113. The van der Waals surface area contributed by atoms with Crippen LogP contribution in [0.25, 0.3) is 0 Å². The Labute approximate surface area is 127 Å². The number of aromatic nitrogens is 1. The van der Waals surface area contributed by atoms with E-state index in [1.54, 1.807) is 6.07 Å². The van der Waals surface area contributed by atoms with Crippen LogP contribution in [0.3, 0.4) is 0 Å². The molecular formula is C16H18BrFN2. The van der Waals surface area contributed by atoms with Gasteiger partial charge in [-0.3, -0.25) is 4.98 Å². The Morgan fingerprint density at radius 3 is 2.50 bits per heavy atom. The van der Waals surface area contributed by atoms with Crippen molar-refractivity contribution in [3.05, 3.63) is 57.1 Å². The Hall–Kier alpha value is -1.42. The van der Waals surface area contributed by atoms with Gasteiger partial charge in [0.1, 0.15) is 5.82 Å². The van der Waals surface area contributed by atoms with Crippen molar-refractivity contribution < 1.29 is 4.39 Å². The molecular weight excluding hydrogens is 319 g/mol. The summed E-state index contributed by atoms with van der Waals surface area (Å²) in [6, 6.07) is 7.08. The minimum atomic E-state index is -0.262. The van der Waals surface area contributed by atoms with Crippen LogP contribution in [0.4, 0.5) is 10.1 Å². The fraction of sp³-hybridized carbons (Fsp3) is 0.312. The van der Waals surface area contributed by atoms with Gasteiger partial charge in [-0.05, 0) is 63.1 Å². The van der Waals surface area contributed by atoms with E-state index in [1.807, 2.05) is 26.8 Å². The topological polar surface area (TPSA) is 24.9 Å². The van der Waals surface area contributed by atoms with Crippen molar-refractivity contribution in [3.63, 3.8) is 0 Å². The molecule has 0 radical (unpaired) electrons. The predicted octanol–water partition coefficient (Wildman–Crippen LogP) is 5.08. The monoisotopic (exact) mass is 336 g/mol. The van der Waals surface area contributed by atoms with Crippen LogP contribution in [0.5, 0.6) is 0 Å². The summed E-state index contributed by atoms with van der Waals surface area (Å²) in [5.74, 6) is -0.262. The van der Waals surface area contributed by atoms with Crippen LogP contribution < -0.4 is 5.32 Å². The molecule has 0 aliphatic heterocycles. The van der Waals surface area contributed by atoms with Gasteiger partial charge >= 0.3 is 0 Å². The molecule has 1 aromatic heterocycles. The first-order chi connectivity index (χ1) is 9.38. The van der Waals surface area contributed by atoms with Crippen molar-refractivity contribution in [1.29, 1.82) is 0 Å². The van der Waals surface area contributed by atoms with Crippen LogP contribution in [0, 0.1) is 26.6 Å². The highest BCUT2D eigenvalue weighted by Crippen LogP contribution is 2.27. The summed E-state index contributed by atoms with van der Waals surface area (Å²) in [5.41, 5.74) is 4.79. The standard InChI is InChI=1S/C16H18BrFN2/c1-9-7-10(2)19-11(3)16(9)12(4)20-15-6-5-13(17)8-14(15)18/h5-8,12,20H,1-4H3. The van der Waals surface area contributed by atoms with Crippen LogP contribution in [0.15, 0.2) is 28.7 Å². The Morgan fingerprint density at radius 2 is 1.90 bits per heavy atom. The van der Waals surface area contributed by atoms with Gasteiger partial charge in [-0.1, -0.05) is 15.9 Å². The number of halogens is 2. The molecule has 0 fully saturated rings. The molecule has 1 N–H and O–H groups in total. The van der Waals surface area contributed by atoms with Crippen molar-refractivity contribution in [3.8, 4) is 0 Å². The summed E-state index contributed by atoms with van der Waals surface area (Å²) in [4.78, 5) is 4.49. The smallest absolute Gasteiger partial charge is 0.147 e.